The number of benzene rings is 2. The second-order valence-corrected chi connectivity index (χ2v) is 5.09. The molecule has 0 aromatic heterocycles. The van der Waals surface area contributed by atoms with Crippen molar-refractivity contribution in [2.45, 2.75) is 26.7 Å². The number of rotatable bonds is 7. The van der Waals surface area contributed by atoms with E-state index in [9.17, 15) is 4.79 Å². The van der Waals surface area contributed by atoms with E-state index in [-0.39, 0.29) is 12.5 Å². The summed E-state index contributed by atoms with van der Waals surface area (Å²) in [5, 5.41) is 2.17. The van der Waals surface area contributed by atoms with Crippen molar-refractivity contribution in [1.82, 2.24) is 4.90 Å². The first-order valence-electron chi connectivity index (χ1n) is 7.64. The summed E-state index contributed by atoms with van der Waals surface area (Å²) in [6.45, 7) is 5.78. The maximum atomic E-state index is 12.2. The Bertz CT molecular complexity index is 589. The topological polar surface area (TPSA) is 29.5 Å². The van der Waals surface area contributed by atoms with Crippen LogP contribution in [0.1, 0.15) is 26.7 Å². The molecule has 0 unspecified atom stereocenters. The molecule has 0 fully saturated rings. The van der Waals surface area contributed by atoms with Crippen LogP contribution in [0.2, 0.25) is 0 Å². The quantitative estimate of drug-likeness (QED) is 0.773. The molecule has 0 aliphatic heterocycles. The van der Waals surface area contributed by atoms with Crippen LogP contribution in [0.3, 0.4) is 0 Å². The van der Waals surface area contributed by atoms with Crippen molar-refractivity contribution in [3.05, 3.63) is 42.5 Å². The summed E-state index contributed by atoms with van der Waals surface area (Å²) in [4.78, 5) is 14.0. The lowest BCUT2D eigenvalue weighted by Gasteiger charge is -2.21. The lowest BCUT2D eigenvalue weighted by molar-refractivity contribution is -0.133. The maximum Gasteiger partial charge on any atom is 0.260 e. The van der Waals surface area contributed by atoms with Gasteiger partial charge in [0.15, 0.2) is 6.61 Å². The molecular formula is C18H23NO2. The monoisotopic (exact) mass is 285 g/mol. The van der Waals surface area contributed by atoms with Gasteiger partial charge in [-0.05, 0) is 24.8 Å². The highest BCUT2D eigenvalue weighted by molar-refractivity contribution is 5.88. The Balaban J connectivity index is 2.02. The molecule has 3 heteroatoms. The summed E-state index contributed by atoms with van der Waals surface area (Å²) >= 11 is 0. The number of hydrogen-bond donors (Lipinski definition) is 0. The Morgan fingerprint density at radius 3 is 2.62 bits per heavy atom. The van der Waals surface area contributed by atoms with Gasteiger partial charge in [0.2, 0.25) is 0 Å². The number of hydrogen-bond acceptors (Lipinski definition) is 2. The molecule has 0 spiro atoms. The van der Waals surface area contributed by atoms with E-state index >= 15 is 0 Å². The zero-order valence-corrected chi connectivity index (χ0v) is 12.8. The van der Waals surface area contributed by atoms with E-state index < -0.39 is 0 Å². The lowest BCUT2D eigenvalue weighted by Crippen LogP contribution is -2.35. The molecule has 0 heterocycles. The van der Waals surface area contributed by atoms with Crippen LogP contribution >= 0.6 is 0 Å². The molecule has 0 atom stereocenters. The molecule has 0 saturated heterocycles. The Morgan fingerprint density at radius 1 is 1.10 bits per heavy atom. The van der Waals surface area contributed by atoms with Gasteiger partial charge in [0.1, 0.15) is 5.75 Å². The van der Waals surface area contributed by atoms with Gasteiger partial charge in [-0.2, -0.15) is 0 Å². The molecule has 0 aliphatic rings. The molecule has 0 bridgehead atoms. The Kier molecular flexibility index (Phi) is 5.61. The zero-order chi connectivity index (χ0) is 15.1. The fraction of sp³-hybridized carbons (Fsp3) is 0.389. The van der Waals surface area contributed by atoms with E-state index in [0.29, 0.717) is 0 Å². The van der Waals surface area contributed by atoms with Crippen LogP contribution in [0.15, 0.2) is 42.5 Å². The highest BCUT2D eigenvalue weighted by Gasteiger charge is 2.12. The van der Waals surface area contributed by atoms with E-state index in [1.165, 1.54) is 0 Å². The Morgan fingerprint density at radius 2 is 1.86 bits per heavy atom. The van der Waals surface area contributed by atoms with Crippen LogP contribution in [0, 0.1) is 0 Å². The third-order valence-corrected chi connectivity index (χ3v) is 3.62. The van der Waals surface area contributed by atoms with Gasteiger partial charge >= 0.3 is 0 Å². The number of carbonyl (C=O) groups is 1. The summed E-state index contributed by atoms with van der Waals surface area (Å²) in [5.41, 5.74) is 0. The molecule has 0 N–H and O–H groups in total. The first-order chi connectivity index (χ1) is 10.3. The van der Waals surface area contributed by atoms with Gasteiger partial charge in [0.05, 0.1) is 0 Å². The number of ether oxygens (including phenoxy) is 1. The van der Waals surface area contributed by atoms with Gasteiger partial charge in [-0.1, -0.05) is 49.7 Å². The second-order valence-electron chi connectivity index (χ2n) is 5.09. The van der Waals surface area contributed by atoms with Crippen molar-refractivity contribution in [2.75, 3.05) is 19.7 Å². The second kappa shape index (κ2) is 7.67. The summed E-state index contributed by atoms with van der Waals surface area (Å²) in [7, 11) is 0. The predicted octanol–water partition coefficient (Wildman–Crippen LogP) is 3.87. The molecule has 0 saturated carbocycles. The first kappa shape index (κ1) is 15.4. The summed E-state index contributed by atoms with van der Waals surface area (Å²) in [5.74, 6) is 0.826. The lowest BCUT2D eigenvalue weighted by atomic mass is 10.1. The molecule has 2 rings (SSSR count). The van der Waals surface area contributed by atoms with E-state index in [1.54, 1.807) is 0 Å². The summed E-state index contributed by atoms with van der Waals surface area (Å²) in [6, 6.07) is 14.0. The fourth-order valence-corrected chi connectivity index (χ4v) is 2.36. The van der Waals surface area contributed by atoms with E-state index in [0.717, 1.165) is 42.5 Å². The number of fused-ring (bicyclic) bond motifs is 1. The molecule has 2 aromatic rings. The van der Waals surface area contributed by atoms with Crippen molar-refractivity contribution in [3.8, 4) is 5.75 Å². The third-order valence-electron chi connectivity index (χ3n) is 3.62. The van der Waals surface area contributed by atoms with Gasteiger partial charge < -0.3 is 9.64 Å². The molecular weight excluding hydrogens is 262 g/mol. The first-order valence-corrected chi connectivity index (χ1v) is 7.64. The average molecular weight is 285 g/mol. The van der Waals surface area contributed by atoms with Crippen molar-refractivity contribution in [3.63, 3.8) is 0 Å². The fourth-order valence-electron chi connectivity index (χ4n) is 2.36. The van der Waals surface area contributed by atoms with E-state index in [2.05, 4.69) is 6.92 Å². The van der Waals surface area contributed by atoms with Crippen LogP contribution in [0.4, 0.5) is 0 Å². The standard InChI is InChI=1S/C18H23NO2/c1-3-5-13-19(4-2)18(20)14-21-17-12-8-10-15-9-6-7-11-16(15)17/h6-12H,3-5,13-14H2,1-2H3. The average Bonchev–Trinajstić information content (AvgIpc) is 2.53. The molecule has 0 radical (unpaired) electrons. The normalized spacial score (nSPS) is 10.6. The van der Waals surface area contributed by atoms with Gasteiger partial charge in [0, 0.05) is 18.5 Å². The Hall–Kier alpha value is -2.03. The van der Waals surface area contributed by atoms with Crippen LogP contribution < -0.4 is 4.74 Å². The minimum absolute atomic E-state index is 0.0545. The van der Waals surface area contributed by atoms with Crippen molar-refractivity contribution < 1.29 is 9.53 Å². The molecule has 2 aromatic carbocycles. The maximum absolute atomic E-state index is 12.2. The van der Waals surface area contributed by atoms with Gasteiger partial charge in [0.25, 0.3) is 5.91 Å². The molecule has 1 amide bonds. The van der Waals surface area contributed by atoms with Crippen LogP contribution in [0.25, 0.3) is 10.8 Å². The summed E-state index contributed by atoms with van der Waals surface area (Å²) < 4.78 is 5.75. The minimum Gasteiger partial charge on any atom is -0.483 e. The van der Waals surface area contributed by atoms with Crippen LogP contribution in [-0.2, 0) is 4.79 Å². The van der Waals surface area contributed by atoms with Gasteiger partial charge in [-0.3, -0.25) is 4.79 Å². The number of unbranched alkanes of at least 4 members (excludes halogenated alkanes) is 1. The number of carbonyl (C=O) groups excluding carboxylic acids is 1. The third kappa shape index (κ3) is 3.97. The van der Waals surface area contributed by atoms with Crippen molar-refractivity contribution in [2.24, 2.45) is 0 Å². The smallest absolute Gasteiger partial charge is 0.260 e. The number of amides is 1. The molecule has 21 heavy (non-hydrogen) atoms. The van der Waals surface area contributed by atoms with Gasteiger partial charge in [-0.25, -0.2) is 0 Å². The number of likely N-dealkylation sites (N-methyl/N-ethyl adjacent to an activating group) is 1. The van der Waals surface area contributed by atoms with Crippen LogP contribution in [0.5, 0.6) is 5.75 Å². The highest BCUT2D eigenvalue weighted by atomic mass is 16.5. The number of nitrogens with zero attached hydrogens (tertiary/aromatic N) is 1. The van der Waals surface area contributed by atoms with E-state index in [4.69, 9.17) is 4.74 Å². The highest BCUT2D eigenvalue weighted by Crippen LogP contribution is 2.25. The van der Waals surface area contributed by atoms with Gasteiger partial charge in [-0.15, -0.1) is 0 Å². The molecule has 112 valence electrons. The van der Waals surface area contributed by atoms with Crippen LogP contribution in [-0.4, -0.2) is 30.5 Å². The van der Waals surface area contributed by atoms with E-state index in [1.807, 2.05) is 54.3 Å². The summed E-state index contributed by atoms with van der Waals surface area (Å²) in [6.07, 6.45) is 2.13. The zero-order valence-electron chi connectivity index (χ0n) is 12.8. The molecule has 0 aliphatic carbocycles. The Labute approximate surface area is 126 Å². The minimum atomic E-state index is 0.0545. The largest absolute Gasteiger partial charge is 0.483 e. The molecule has 3 nitrogen and oxygen atoms in total. The SMILES string of the molecule is CCCCN(CC)C(=O)COc1cccc2ccccc12. The van der Waals surface area contributed by atoms with Crippen molar-refractivity contribution in [1.29, 1.82) is 0 Å². The predicted molar refractivity (Wildman–Crippen MR) is 86.6 cm³/mol. The van der Waals surface area contributed by atoms with Crippen molar-refractivity contribution >= 4 is 16.7 Å².